The Hall–Kier alpha value is -3.69. The van der Waals surface area contributed by atoms with E-state index < -0.39 is 0 Å². The van der Waals surface area contributed by atoms with E-state index in [1.165, 1.54) is 0 Å². The van der Waals surface area contributed by atoms with Gasteiger partial charge in [-0.05, 0) is 67.8 Å². The van der Waals surface area contributed by atoms with Crippen molar-refractivity contribution in [3.05, 3.63) is 136 Å². The second-order valence-corrected chi connectivity index (χ2v) is 16.8. The Kier molecular flexibility index (Phi) is 12.5. The van der Waals surface area contributed by atoms with Crippen molar-refractivity contribution >= 4 is 34.8 Å². The van der Waals surface area contributed by atoms with E-state index in [0.717, 1.165) is 16.7 Å². The number of aliphatic hydroxyl groups excluding tert-OH is 3. The molecule has 0 atom stereocenters. The molecule has 264 valence electrons. The first-order valence-corrected chi connectivity index (χ1v) is 17.9. The highest BCUT2D eigenvalue weighted by Gasteiger charge is 2.21. The molecule has 0 heterocycles. The van der Waals surface area contributed by atoms with Gasteiger partial charge in [0.1, 0.15) is 0 Å². The number of benzene rings is 4. The van der Waals surface area contributed by atoms with E-state index in [2.05, 4.69) is 97.8 Å². The second kappa shape index (κ2) is 15.9. The maximum atomic E-state index is 10.2. The van der Waals surface area contributed by atoms with E-state index in [1.807, 2.05) is 54.6 Å². The Balaban J connectivity index is 1.96. The molecule has 0 unspecified atom stereocenters. The fourth-order valence-electron chi connectivity index (χ4n) is 5.32. The number of aliphatic hydroxyl groups is 3. The minimum absolute atomic E-state index is 0.105. The number of rotatable bonds is 3. The van der Waals surface area contributed by atoms with Crippen molar-refractivity contribution in [3.63, 3.8) is 0 Å². The zero-order chi connectivity index (χ0) is 37.9. The van der Waals surface area contributed by atoms with Crippen LogP contribution in [0.5, 0.6) is 0 Å². The number of hydrogen-bond donors (Lipinski definition) is 3. The average molecular weight is 740 g/mol. The summed E-state index contributed by atoms with van der Waals surface area (Å²) in [5, 5.41) is 31.1. The minimum Gasteiger partial charge on any atom is -0.392 e. The molecule has 0 saturated carbocycles. The molecular formula is C45H45Cl3O3. The van der Waals surface area contributed by atoms with Crippen LogP contribution in [0.2, 0.25) is 15.1 Å². The fourth-order valence-corrected chi connectivity index (χ4v) is 6.32. The predicted molar refractivity (Wildman–Crippen MR) is 213 cm³/mol. The summed E-state index contributed by atoms with van der Waals surface area (Å²) in [6, 6.07) is 17.5. The van der Waals surface area contributed by atoms with E-state index in [4.69, 9.17) is 34.8 Å². The summed E-state index contributed by atoms with van der Waals surface area (Å²) in [7, 11) is 0. The Morgan fingerprint density at radius 3 is 0.843 bits per heavy atom. The molecule has 4 aromatic rings. The molecule has 0 spiro atoms. The largest absolute Gasteiger partial charge is 0.392 e. The summed E-state index contributed by atoms with van der Waals surface area (Å²) >= 11 is 21.0. The topological polar surface area (TPSA) is 60.7 Å². The molecule has 0 fully saturated rings. The zero-order valence-electron chi connectivity index (χ0n) is 30.8. The van der Waals surface area contributed by atoms with Gasteiger partial charge in [0, 0.05) is 16.7 Å². The third-order valence-electron chi connectivity index (χ3n) is 8.71. The van der Waals surface area contributed by atoms with Gasteiger partial charge in [0.25, 0.3) is 0 Å². The van der Waals surface area contributed by atoms with Crippen LogP contribution in [0.4, 0.5) is 0 Å². The summed E-state index contributed by atoms with van der Waals surface area (Å²) in [5.41, 5.74) is 7.71. The first kappa shape index (κ1) is 40.1. The van der Waals surface area contributed by atoms with Crippen LogP contribution in [0, 0.1) is 35.5 Å². The molecule has 6 heteroatoms. The van der Waals surface area contributed by atoms with Crippen molar-refractivity contribution < 1.29 is 15.3 Å². The summed E-state index contributed by atoms with van der Waals surface area (Å²) in [5.74, 6) is 18.9. The zero-order valence-corrected chi connectivity index (χ0v) is 33.1. The van der Waals surface area contributed by atoms with E-state index >= 15 is 0 Å². The number of hydrogen-bond acceptors (Lipinski definition) is 3. The van der Waals surface area contributed by atoms with Crippen molar-refractivity contribution in [2.75, 3.05) is 0 Å². The average Bonchev–Trinajstić information content (AvgIpc) is 3.06. The molecule has 0 aromatic heterocycles. The van der Waals surface area contributed by atoms with E-state index in [-0.39, 0.29) is 67.8 Å². The van der Waals surface area contributed by atoms with Gasteiger partial charge in [0.05, 0.1) is 51.6 Å². The molecule has 51 heavy (non-hydrogen) atoms. The third-order valence-corrected chi connectivity index (χ3v) is 9.84. The van der Waals surface area contributed by atoms with Gasteiger partial charge in [-0.2, -0.15) is 0 Å². The summed E-state index contributed by atoms with van der Waals surface area (Å²) in [6.45, 7) is 18.4. The van der Waals surface area contributed by atoms with Crippen LogP contribution in [0.1, 0.15) is 129 Å². The molecule has 0 aliphatic carbocycles. The van der Waals surface area contributed by atoms with Crippen molar-refractivity contribution in [2.45, 2.75) is 98.4 Å². The molecule has 0 radical (unpaired) electrons. The van der Waals surface area contributed by atoms with Crippen LogP contribution in [-0.2, 0) is 36.1 Å². The van der Waals surface area contributed by atoms with Crippen molar-refractivity contribution in [1.82, 2.24) is 0 Å². The Labute approximate surface area is 319 Å². The Bertz CT molecular complexity index is 1890. The van der Waals surface area contributed by atoms with E-state index in [9.17, 15) is 15.3 Å². The van der Waals surface area contributed by atoms with Gasteiger partial charge in [-0.3, -0.25) is 0 Å². The lowest BCUT2D eigenvalue weighted by molar-refractivity contribution is 0.281. The second-order valence-electron chi connectivity index (χ2n) is 15.7. The van der Waals surface area contributed by atoms with Crippen LogP contribution in [-0.4, -0.2) is 15.3 Å². The smallest absolute Gasteiger partial charge is 0.0750 e. The summed E-state index contributed by atoms with van der Waals surface area (Å²) in [4.78, 5) is 0. The number of halogens is 3. The Morgan fingerprint density at radius 1 is 0.412 bits per heavy atom. The lowest BCUT2D eigenvalue weighted by Gasteiger charge is -2.20. The van der Waals surface area contributed by atoms with Gasteiger partial charge < -0.3 is 15.3 Å². The third kappa shape index (κ3) is 9.41. The fraction of sp³-hybridized carbons (Fsp3) is 0.333. The molecule has 0 bridgehead atoms. The highest BCUT2D eigenvalue weighted by Crippen LogP contribution is 2.38. The standard InChI is InChI=1S/C45H45Cl3O3/c1-43(2,3)34-16-10-28(31(22-34)25-49)13-19-37-40(46)38(20-14-29-11-17-35(44(4,5)6)23-32(29)26-50)42(48)39(41(37)47)21-15-30-12-18-36(45(7,8)9)24-33(30)27-51/h10-12,16-18,22-24,49-51H,25-27H2,1-9H3. The normalized spacial score (nSPS) is 11.6. The summed E-state index contributed by atoms with van der Waals surface area (Å²) in [6.07, 6.45) is 0. The van der Waals surface area contributed by atoms with E-state index in [1.54, 1.807) is 0 Å². The van der Waals surface area contributed by atoms with Crippen LogP contribution in [0.25, 0.3) is 0 Å². The molecule has 3 nitrogen and oxygen atoms in total. The molecule has 4 aromatic carbocycles. The first-order chi connectivity index (χ1) is 23.8. The first-order valence-electron chi connectivity index (χ1n) is 16.8. The van der Waals surface area contributed by atoms with Crippen LogP contribution in [0.3, 0.4) is 0 Å². The lowest BCUT2D eigenvalue weighted by Crippen LogP contribution is -2.11. The maximum absolute atomic E-state index is 10.2. The molecule has 0 aliphatic heterocycles. The van der Waals surface area contributed by atoms with Crippen molar-refractivity contribution in [3.8, 4) is 35.5 Å². The van der Waals surface area contributed by atoms with Gasteiger partial charge in [0.2, 0.25) is 0 Å². The van der Waals surface area contributed by atoms with Crippen molar-refractivity contribution in [2.24, 2.45) is 0 Å². The minimum atomic E-state index is -0.189. The van der Waals surface area contributed by atoms with Crippen LogP contribution >= 0.6 is 34.8 Å². The van der Waals surface area contributed by atoms with Gasteiger partial charge in [-0.25, -0.2) is 0 Å². The molecule has 0 amide bonds. The van der Waals surface area contributed by atoms with Crippen LogP contribution in [0.15, 0.2) is 54.6 Å². The Morgan fingerprint density at radius 2 is 0.647 bits per heavy atom. The molecule has 0 saturated heterocycles. The predicted octanol–water partition coefficient (Wildman–Crippen LogP) is 10.2. The van der Waals surface area contributed by atoms with Gasteiger partial charge in [-0.1, -0.05) is 169 Å². The lowest BCUT2D eigenvalue weighted by atomic mass is 9.85. The van der Waals surface area contributed by atoms with Gasteiger partial charge in [0.15, 0.2) is 0 Å². The molecule has 4 rings (SSSR count). The van der Waals surface area contributed by atoms with Crippen LogP contribution < -0.4 is 0 Å². The monoisotopic (exact) mass is 738 g/mol. The highest BCUT2D eigenvalue weighted by molar-refractivity contribution is 6.42. The maximum Gasteiger partial charge on any atom is 0.0750 e. The van der Waals surface area contributed by atoms with Crippen molar-refractivity contribution in [1.29, 1.82) is 0 Å². The summed E-state index contributed by atoms with van der Waals surface area (Å²) < 4.78 is 0. The molecular weight excluding hydrogens is 695 g/mol. The molecule has 0 aliphatic rings. The highest BCUT2D eigenvalue weighted by atomic mass is 35.5. The van der Waals surface area contributed by atoms with E-state index in [0.29, 0.717) is 33.4 Å². The quantitative estimate of drug-likeness (QED) is 0.183. The van der Waals surface area contributed by atoms with Gasteiger partial charge in [-0.15, -0.1) is 0 Å². The SMILES string of the molecule is CC(C)(C)c1ccc(C#Cc2c(Cl)c(C#Cc3ccc(C(C)(C)C)cc3CO)c(Cl)c(C#Cc3ccc(C(C)(C)C)cc3CO)c2Cl)c(CO)c1. The molecule has 3 N–H and O–H groups in total. The van der Waals surface area contributed by atoms with Gasteiger partial charge >= 0.3 is 0 Å².